The molecule has 1 aliphatic heterocycles. The van der Waals surface area contributed by atoms with Crippen LogP contribution in [0.3, 0.4) is 0 Å². The number of hydrogen-bond donors (Lipinski definition) is 1. The summed E-state index contributed by atoms with van der Waals surface area (Å²) in [6.07, 6.45) is 5.13. The second kappa shape index (κ2) is 6.31. The molecular weight excluding hydrogens is 302 g/mol. The number of carboxylic acids is 1. The van der Waals surface area contributed by atoms with Crippen LogP contribution in [0.5, 0.6) is 0 Å². The fourth-order valence-corrected chi connectivity index (χ4v) is 3.39. The van der Waals surface area contributed by atoms with E-state index in [0.29, 0.717) is 13.0 Å². The maximum absolute atomic E-state index is 12.4. The van der Waals surface area contributed by atoms with Gasteiger partial charge in [-0.3, -0.25) is 9.48 Å². The number of carboxylic acid groups (broad SMARTS) is 1. The predicted octanol–water partition coefficient (Wildman–Crippen LogP) is 2.05. The van der Waals surface area contributed by atoms with Gasteiger partial charge < -0.3 is 10.0 Å². The Morgan fingerprint density at radius 2 is 2.32 bits per heavy atom. The summed E-state index contributed by atoms with van der Waals surface area (Å²) in [4.78, 5) is 25.1. The number of aromatic nitrogens is 2. The molecule has 3 rings (SSSR count). The van der Waals surface area contributed by atoms with Gasteiger partial charge >= 0.3 is 5.97 Å². The number of thiophene rings is 1. The Morgan fingerprint density at radius 1 is 1.45 bits per heavy atom. The molecule has 0 spiro atoms. The maximum atomic E-state index is 12.4. The van der Waals surface area contributed by atoms with E-state index in [1.165, 1.54) is 6.20 Å². The summed E-state index contributed by atoms with van der Waals surface area (Å²) < 4.78 is 1.67. The summed E-state index contributed by atoms with van der Waals surface area (Å²) >= 11 is 1.59. The minimum atomic E-state index is -0.979. The molecule has 0 radical (unpaired) electrons. The average Bonchev–Trinajstić information content (AvgIpc) is 3.18. The minimum absolute atomic E-state index is 0.0493. The number of aromatic carboxylic acids is 1. The van der Waals surface area contributed by atoms with Crippen molar-refractivity contribution in [2.75, 3.05) is 13.1 Å². The average molecular weight is 319 g/mol. The van der Waals surface area contributed by atoms with Crippen LogP contribution in [0.25, 0.3) is 0 Å². The second-order valence-electron chi connectivity index (χ2n) is 5.46. The van der Waals surface area contributed by atoms with E-state index in [1.807, 2.05) is 21.7 Å². The molecule has 2 aromatic heterocycles. The molecule has 2 aromatic rings. The minimum Gasteiger partial charge on any atom is -0.478 e. The molecule has 0 bridgehead atoms. The van der Waals surface area contributed by atoms with Gasteiger partial charge in [0.2, 0.25) is 5.91 Å². The molecule has 116 valence electrons. The van der Waals surface area contributed by atoms with Crippen LogP contribution in [0.1, 0.15) is 34.8 Å². The Bertz CT molecular complexity index is 665. The molecule has 0 saturated carbocycles. The van der Waals surface area contributed by atoms with Crippen molar-refractivity contribution in [1.29, 1.82) is 0 Å². The molecule has 7 heteroatoms. The second-order valence-corrected chi connectivity index (χ2v) is 6.24. The van der Waals surface area contributed by atoms with Gasteiger partial charge in [-0.15, -0.1) is 0 Å². The van der Waals surface area contributed by atoms with Crippen molar-refractivity contribution >= 4 is 23.2 Å². The highest BCUT2D eigenvalue weighted by Gasteiger charge is 2.25. The van der Waals surface area contributed by atoms with Crippen molar-refractivity contribution < 1.29 is 14.7 Å². The molecule has 3 heterocycles. The number of carbonyl (C=O) groups is 2. The van der Waals surface area contributed by atoms with Gasteiger partial charge in [0.25, 0.3) is 0 Å². The molecule has 0 aliphatic carbocycles. The van der Waals surface area contributed by atoms with E-state index in [0.717, 1.165) is 24.9 Å². The summed E-state index contributed by atoms with van der Waals surface area (Å²) in [6.45, 7) is 1.34. The molecule has 1 N–H and O–H groups in total. The van der Waals surface area contributed by atoms with E-state index in [4.69, 9.17) is 5.11 Å². The lowest BCUT2D eigenvalue weighted by molar-refractivity contribution is -0.132. The highest BCUT2D eigenvalue weighted by Crippen LogP contribution is 2.22. The number of nitrogens with zero attached hydrogens (tertiary/aromatic N) is 3. The van der Waals surface area contributed by atoms with E-state index >= 15 is 0 Å². The highest BCUT2D eigenvalue weighted by molar-refractivity contribution is 7.07. The van der Waals surface area contributed by atoms with Crippen LogP contribution in [0.2, 0.25) is 0 Å². The van der Waals surface area contributed by atoms with Crippen LogP contribution in [-0.4, -0.2) is 44.8 Å². The van der Waals surface area contributed by atoms with Crippen molar-refractivity contribution in [3.05, 3.63) is 40.3 Å². The zero-order valence-electron chi connectivity index (χ0n) is 12.0. The molecule has 1 aliphatic rings. The van der Waals surface area contributed by atoms with Crippen molar-refractivity contribution in [3.8, 4) is 0 Å². The Kier molecular flexibility index (Phi) is 4.24. The van der Waals surface area contributed by atoms with Gasteiger partial charge in [-0.2, -0.15) is 16.4 Å². The Hall–Kier alpha value is -2.15. The van der Waals surface area contributed by atoms with Gasteiger partial charge in [0.05, 0.1) is 24.2 Å². The number of hydrogen-bond acceptors (Lipinski definition) is 4. The number of amides is 1. The van der Waals surface area contributed by atoms with Crippen LogP contribution < -0.4 is 0 Å². The summed E-state index contributed by atoms with van der Waals surface area (Å²) in [6, 6.07) is 2.02. The molecule has 1 atom stereocenters. The highest BCUT2D eigenvalue weighted by atomic mass is 32.1. The fraction of sp³-hybridized carbons (Fsp3) is 0.400. The number of piperidine rings is 1. The fourth-order valence-electron chi connectivity index (χ4n) is 2.73. The number of rotatable bonds is 4. The smallest absolute Gasteiger partial charge is 0.338 e. The van der Waals surface area contributed by atoms with E-state index < -0.39 is 5.97 Å². The lowest BCUT2D eigenvalue weighted by Gasteiger charge is -2.33. The summed E-state index contributed by atoms with van der Waals surface area (Å²) in [7, 11) is 0. The third-order valence-electron chi connectivity index (χ3n) is 3.91. The first-order valence-corrected chi connectivity index (χ1v) is 8.14. The normalized spacial score (nSPS) is 18.4. The summed E-state index contributed by atoms with van der Waals surface area (Å²) in [5.74, 6) is -0.860. The lowest BCUT2D eigenvalue weighted by Crippen LogP contribution is -2.41. The van der Waals surface area contributed by atoms with E-state index in [2.05, 4.69) is 5.10 Å². The maximum Gasteiger partial charge on any atom is 0.338 e. The molecule has 22 heavy (non-hydrogen) atoms. The Morgan fingerprint density at radius 3 is 3.00 bits per heavy atom. The molecule has 1 saturated heterocycles. The topological polar surface area (TPSA) is 75.4 Å². The van der Waals surface area contributed by atoms with Crippen LogP contribution in [-0.2, 0) is 11.2 Å². The lowest BCUT2D eigenvalue weighted by atomic mass is 10.0. The first-order valence-electron chi connectivity index (χ1n) is 7.20. The SMILES string of the molecule is O=C(O)c1cnn([C@H]2CCCN(C(=O)Cc3ccsc3)C2)c1. The van der Waals surface area contributed by atoms with E-state index in [-0.39, 0.29) is 17.5 Å². The summed E-state index contributed by atoms with van der Waals surface area (Å²) in [5, 5.41) is 17.1. The molecule has 1 amide bonds. The monoisotopic (exact) mass is 319 g/mol. The van der Waals surface area contributed by atoms with Crippen molar-refractivity contribution in [1.82, 2.24) is 14.7 Å². The van der Waals surface area contributed by atoms with Gasteiger partial charge in [-0.1, -0.05) is 0 Å². The van der Waals surface area contributed by atoms with Gasteiger partial charge in [0.1, 0.15) is 0 Å². The predicted molar refractivity (Wildman–Crippen MR) is 82.1 cm³/mol. The first-order chi connectivity index (χ1) is 10.6. The molecule has 0 unspecified atom stereocenters. The van der Waals surface area contributed by atoms with Crippen molar-refractivity contribution in [2.24, 2.45) is 0 Å². The van der Waals surface area contributed by atoms with Crippen molar-refractivity contribution in [3.63, 3.8) is 0 Å². The molecule has 0 aromatic carbocycles. The van der Waals surface area contributed by atoms with Gasteiger partial charge in [0.15, 0.2) is 0 Å². The zero-order chi connectivity index (χ0) is 15.5. The molecule has 1 fully saturated rings. The van der Waals surface area contributed by atoms with E-state index in [9.17, 15) is 9.59 Å². The largest absolute Gasteiger partial charge is 0.478 e. The molecular formula is C15H17N3O3S. The van der Waals surface area contributed by atoms with Crippen molar-refractivity contribution in [2.45, 2.75) is 25.3 Å². The standard InChI is InChI=1S/C15H17N3O3S/c19-14(6-11-3-5-22-10-11)17-4-1-2-13(9-17)18-8-12(7-16-18)15(20)21/h3,5,7-8,10,13H,1-2,4,6,9H2,(H,20,21)/t13-/m0/s1. The summed E-state index contributed by atoms with van der Waals surface area (Å²) in [5.41, 5.74) is 1.23. The number of likely N-dealkylation sites (tertiary alicyclic amines) is 1. The van der Waals surface area contributed by atoms with E-state index in [1.54, 1.807) is 22.2 Å². The third-order valence-corrected chi connectivity index (χ3v) is 4.64. The third kappa shape index (κ3) is 3.19. The van der Waals surface area contributed by atoms with Gasteiger partial charge in [-0.05, 0) is 35.2 Å². The Balaban J connectivity index is 1.65. The van der Waals surface area contributed by atoms with Gasteiger partial charge in [0, 0.05) is 19.3 Å². The van der Waals surface area contributed by atoms with Crippen LogP contribution in [0, 0.1) is 0 Å². The first kappa shape index (κ1) is 14.8. The quantitative estimate of drug-likeness (QED) is 0.936. The molecule has 6 nitrogen and oxygen atoms in total. The van der Waals surface area contributed by atoms with Crippen LogP contribution in [0.15, 0.2) is 29.2 Å². The van der Waals surface area contributed by atoms with Gasteiger partial charge in [-0.25, -0.2) is 4.79 Å². The zero-order valence-corrected chi connectivity index (χ0v) is 12.8. The van der Waals surface area contributed by atoms with Crippen LogP contribution >= 0.6 is 11.3 Å². The number of carbonyl (C=O) groups excluding carboxylic acids is 1. The van der Waals surface area contributed by atoms with Crippen LogP contribution in [0.4, 0.5) is 0 Å². The Labute approximate surface area is 132 Å².